The number of likely N-dealkylation sites (N-methyl/N-ethyl adjacent to an activating group) is 1. The molecule has 1 aliphatic rings. The zero-order valence-corrected chi connectivity index (χ0v) is 13.6. The first kappa shape index (κ1) is 16.4. The lowest BCUT2D eigenvalue weighted by Crippen LogP contribution is -2.50. The van der Waals surface area contributed by atoms with Gasteiger partial charge < -0.3 is 15.5 Å². The maximum atomic E-state index is 12.8. The molecule has 0 radical (unpaired) electrons. The minimum atomic E-state index is -0.656. The van der Waals surface area contributed by atoms with Crippen molar-refractivity contribution >= 4 is 23.1 Å². The Balaban J connectivity index is 2.92. The fraction of sp³-hybridized carbons (Fsp3) is 0.857. The predicted octanol–water partition coefficient (Wildman–Crippen LogP) is 1.49. The first-order valence-corrected chi connectivity index (χ1v) is 7.46. The summed E-state index contributed by atoms with van der Waals surface area (Å²) in [7, 11) is 4.13. The Morgan fingerprint density at radius 2 is 1.89 bits per heavy atom. The maximum Gasteiger partial charge on any atom is 0.235 e. The zero-order valence-electron chi connectivity index (χ0n) is 12.8. The number of rotatable bonds is 5. The third-order valence-electron chi connectivity index (χ3n) is 4.61. The molecule has 4 nitrogen and oxygen atoms in total. The van der Waals surface area contributed by atoms with Gasteiger partial charge >= 0.3 is 0 Å². The maximum absolute atomic E-state index is 12.8. The molecule has 0 aromatic heterocycles. The third-order valence-corrected chi connectivity index (χ3v) is 5.00. The summed E-state index contributed by atoms with van der Waals surface area (Å²) in [5, 5.41) is 0. The van der Waals surface area contributed by atoms with Crippen LogP contribution in [0.5, 0.6) is 0 Å². The van der Waals surface area contributed by atoms with Crippen molar-refractivity contribution in [1.29, 1.82) is 0 Å². The highest BCUT2D eigenvalue weighted by atomic mass is 32.1. The van der Waals surface area contributed by atoms with E-state index < -0.39 is 5.41 Å². The lowest BCUT2D eigenvalue weighted by molar-refractivity contribution is -0.137. The topological polar surface area (TPSA) is 49.6 Å². The first-order valence-electron chi connectivity index (χ1n) is 7.05. The van der Waals surface area contributed by atoms with Gasteiger partial charge in [0.15, 0.2) is 0 Å². The highest BCUT2D eigenvalue weighted by molar-refractivity contribution is 7.80. The van der Waals surface area contributed by atoms with Gasteiger partial charge in [0.25, 0.3) is 0 Å². The van der Waals surface area contributed by atoms with Gasteiger partial charge in [0.1, 0.15) is 0 Å². The summed E-state index contributed by atoms with van der Waals surface area (Å²) < 4.78 is 0. The summed E-state index contributed by atoms with van der Waals surface area (Å²) in [6, 6.07) is 0.418. The minimum Gasteiger partial charge on any atom is -0.392 e. The number of nitrogens with zero attached hydrogens (tertiary/aromatic N) is 2. The highest BCUT2D eigenvalue weighted by Gasteiger charge is 2.44. The molecule has 19 heavy (non-hydrogen) atoms. The van der Waals surface area contributed by atoms with Gasteiger partial charge in [0.2, 0.25) is 5.91 Å². The Labute approximate surface area is 122 Å². The molecule has 2 unspecified atom stereocenters. The van der Waals surface area contributed by atoms with Crippen LogP contribution in [0.4, 0.5) is 0 Å². The lowest BCUT2D eigenvalue weighted by atomic mass is 9.81. The van der Waals surface area contributed by atoms with Crippen molar-refractivity contribution in [1.82, 2.24) is 9.80 Å². The van der Waals surface area contributed by atoms with Crippen molar-refractivity contribution in [3.63, 3.8) is 0 Å². The van der Waals surface area contributed by atoms with Crippen LogP contribution in [0, 0.1) is 11.3 Å². The fourth-order valence-electron chi connectivity index (χ4n) is 3.10. The summed E-state index contributed by atoms with van der Waals surface area (Å²) >= 11 is 5.17. The summed E-state index contributed by atoms with van der Waals surface area (Å²) in [5.41, 5.74) is 5.21. The lowest BCUT2D eigenvalue weighted by Gasteiger charge is -2.33. The van der Waals surface area contributed by atoms with Crippen LogP contribution < -0.4 is 5.73 Å². The molecular weight excluding hydrogens is 258 g/mol. The molecule has 0 bridgehead atoms. The molecule has 1 heterocycles. The second kappa shape index (κ2) is 6.18. The van der Waals surface area contributed by atoms with Crippen LogP contribution in [0.2, 0.25) is 0 Å². The molecule has 1 saturated heterocycles. The number of thiocarbonyl (C=S) groups is 1. The molecule has 2 atom stereocenters. The molecule has 0 aliphatic carbocycles. The van der Waals surface area contributed by atoms with Crippen LogP contribution in [0.3, 0.4) is 0 Å². The molecule has 1 aliphatic heterocycles. The van der Waals surface area contributed by atoms with Crippen molar-refractivity contribution in [3.05, 3.63) is 0 Å². The molecule has 110 valence electrons. The Kier molecular flexibility index (Phi) is 5.33. The van der Waals surface area contributed by atoms with E-state index in [0.29, 0.717) is 29.8 Å². The van der Waals surface area contributed by atoms with E-state index in [9.17, 15) is 4.79 Å². The van der Waals surface area contributed by atoms with Crippen molar-refractivity contribution in [3.8, 4) is 0 Å². The van der Waals surface area contributed by atoms with Crippen molar-refractivity contribution < 1.29 is 4.79 Å². The average molecular weight is 285 g/mol. The average Bonchev–Trinajstić information content (AvgIpc) is 2.73. The van der Waals surface area contributed by atoms with Crippen molar-refractivity contribution in [2.45, 2.75) is 39.7 Å². The normalized spacial score (nSPS) is 24.0. The van der Waals surface area contributed by atoms with E-state index in [1.54, 1.807) is 0 Å². The Morgan fingerprint density at radius 1 is 1.37 bits per heavy atom. The Hall–Kier alpha value is -0.680. The zero-order chi connectivity index (χ0) is 14.8. The van der Waals surface area contributed by atoms with Crippen LogP contribution in [0.25, 0.3) is 0 Å². The van der Waals surface area contributed by atoms with Gasteiger partial charge in [0.05, 0.1) is 10.4 Å². The molecule has 0 spiro atoms. The SMILES string of the molecule is CCC(CC)(C(=O)N1CC(C)C(N(C)C)C1)C(N)=S. The summed E-state index contributed by atoms with van der Waals surface area (Å²) in [5.74, 6) is 0.595. The van der Waals surface area contributed by atoms with E-state index in [2.05, 4.69) is 25.9 Å². The first-order chi connectivity index (χ1) is 8.80. The van der Waals surface area contributed by atoms with Crippen LogP contribution >= 0.6 is 12.2 Å². The van der Waals surface area contributed by atoms with Crippen molar-refractivity contribution in [2.75, 3.05) is 27.2 Å². The van der Waals surface area contributed by atoms with Crippen molar-refractivity contribution in [2.24, 2.45) is 17.1 Å². The second-order valence-electron chi connectivity index (χ2n) is 5.87. The summed E-state index contributed by atoms with van der Waals surface area (Å²) in [6.07, 6.45) is 1.35. The molecule has 0 aromatic rings. The number of hydrogen-bond donors (Lipinski definition) is 1. The summed E-state index contributed by atoms with van der Waals surface area (Å²) in [4.78, 5) is 17.3. The quantitative estimate of drug-likeness (QED) is 0.778. The fourth-order valence-corrected chi connectivity index (χ4v) is 3.47. The Bertz CT molecular complexity index is 353. The van der Waals surface area contributed by atoms with Gasteiger partial charge in [-0.25, -0.2) is 0 Å². The van der Waals surface area contributed by atoms with Gasteiger partial charge in [0, 0.05) is 19.1 Å². The summed E-state index contributed by atoms with van der Waals surface area (Å²) in [6.45, 7) is 7.74. The van der Waals surface area contributed by atoms with E-state index in [4.69, 9.17) is 18.0 Å². The van der Waals surface area contributed by atoms with E-state index in [-0.39, 0.29) is 5.91 Å². The molecule has 1 fully saturated rings. The molecule has 1 amide bonds. The molecule has 5 heteroatoms. The number of amides is 1. The minimum absolute atomic E-state index is 0.112. The Morgan fingerprint density at radius 3 is 2.21 bits per heavy atom. The van der Waals surface area contributed by atoms with Gasteiger partial charge in [-0.05, 0) is 32.9 Å². The van der Waals surface area contributed by atoms with Crippen LogP contribution in [-0.2, 0) is 4.79 Å². The number of nitrogens with two attached hydrogens (primary N) is 1. The largest absolute Gasteiger partial charge is 0.392 e. The number of hydrogen-bond acceptors (Lipinski definition) is 3. The highest BCUT2D eigenvalue weighted by Crippen LogP contribution is 2.32. The van der Waals surface area contributed by atoms with Crippen LogP contribution in [0.15, 0.2) is 0 Å². The predicted molar refractivity (Wildman–Crippen MR) is 83.0 cm³/mol. The van der Waals surface area contributed by atoms with Crippen LogP contribution in [-0.4, -0.2) is 53.9 Å². The number of carbonyl (C=O) groups is 1. The van der Waals surface area contributed by atoms with Gasteiger partial charge in [-0.15, -0.1) is 0 Å². The molecule has 0 saturated carbocycles. The van der Waals surface area contributed by atoms with E-state index in [0.717, 1.165) is 13.1 Å². The number of likely N-dealkylation sites (tertiary alicyclic amines) is 1. The standard InChI is InChI=1S/C14H27N3OS/c1-6-14(7-2,12(15)19)13(18)17-8-10(3)11(9-17)16(4)5/h10-11H,6-9H2,1-5H3,(H2,15,19). The smallest absolute Gasteiger partial charge is 0.235 e. The third kappa shape index (κ3) is 2.92. The molecule has 1 rings (SSSR count). The van der Waals surface area contributed by atoms with E-state index >= 15 is 0 Å². The van der Waals surface area contributed by atoms with Gasteiger partial charge in [-0.2, -0.15) is 0 Å². The molecule has 2 N–H and O–H groups in total. The second-order valence-corrected chi connectivity index (χ2v) is 6.31. The van der Waals surface area contributed by atoms with E-state index in [1.807, 2.05) is 18.7 Å². The number of carbonyl (C=O) groups excluding carboxylic acids is 1. The monoisotopic (exact) mass is 285 g/mol. The molecular formula is C14H27N3OS. The molecule has 0 aromatic carbocycles. The van der Waals surface area contributed by atoms with E-state index in [1.165, 1.54) is 0 Å². The van der Waals surface area contributed by atoms with Gasteiger partial charge in [-0.1, -0.05) is 33.0 Å². The van der Waals surface area contributed by atoms with Gasteiger partial charge in [-0.3, -0.25) is 4.79 Å². The van der Waals surface area contributed by atoms with Crippen LogP contribution in [0.1, 0.15) is 33.6 Å².